The second kappa shape index (κ2) is 12.5. The van der Waals surface area contributed by atoms with Gasteiger partial charge in [-0.15, -0.1) is 0 Å². The van der Waals surface area contributed by atoms with Crippen molar-refractivity contribution in [3.63, 3.8) is 0 Å². The van der Waals surface area contributed by atoms with Crippen LogP contribution in [-0.2, 0) is 37.0 Å². The summed E-state index contributed by atoms with van der Waals surface area (Å²) in [6, 6.07) is 15.8. The van der Waals surface area contributed by atoms with E-state index in [0.717, 1.165) is 47.7 Å². The molecule has 4 fully saturated rings. The van der Waals surface area contributed by atoms with Gasteiger partial charge in [0.15, 0.2) is 9.84 Å². The fraction of sp³-hybridized carbons (Fsp3) is 0.500. The minimum atomic E-state index is -4.05. The standard InChI is InChI=1S/C34H41N3O7S/c1-34(17-26-18-35-29-10-6-5-9-28(26)29,37-33(41)44-31-24-12-22-11-23(14-24)15-25(31)13-22)32(40)36-27(16-21-7-3-2-4-8-21)19-45(42,43)20-30(38)39/h2-10,18,22-25,27,31,35H,11-17,19-20H2,1H3,(H,36,40)(H,37,41)(H,38,39)/t22?,23?,24?,25?,27-,31?,34+/m0/s1. The molecule has 45 heavy (non-hydrogen) atoms. The highest BCUT2D eigenvalue weighted by Gasteiger charge is 2.50. The van der Waals surface area contributed by atoms with Gasteiger partial charge >= 0.3 is 12.1 Å². The van der Waals surface area contributed by atoms with Crippen LogP contribution in [0.2, 0.25) is 0 Å². The van der Waals surface area contributed by atoms with Gasteiger partial charge in [-0.1, -0.05) is 48.5 Å². The zero-order valence-corrected chi connectivity index (χ0v) is 26.2. The van der Waals surface area contributed by atoms with Crippen molar-refractivity contribution in [3.05, 3.63) is 71.9 Å². The largest absolute Gasteiger partial charge is 0.480 e. The highest BCUT2D eigenvalue weighted by atomic mass is 32.2. The Hall–Kier alpha value is -3.86. The number of ether oxygens (including phenoxy) is 1. The van der Waals surface area contributed by atoms with E-state index in [1.165, 1.54) is 6.42 Å². The molecular weight excluding hydrogens is 594 g/mol. The molecule has 0 aliphatic heterocycles. The molecule has 4 aliphatic carbocycles. The van der Waals surface area contributed by atoms with E-state index < -0.39 is 50.9 Å². The van der Waals surface area contributed by atoms with Gasteiger partial charge in [-0.2, -0.15) is 0 Å². The second-order valence-corrected chi connectivity index (χ2v) is 15.7. The third-order valence-corrected chi connectivity index (χ3v) is 11.5. The number of carbonyl (C=O) groups excluding carboxylic acids is 2. The number of para-hydroxylation sites is 1. The number of fused-ring (bicyclic) bond motifs is 1. The first-order valence-corrected chi connectivity index (χ1v) is 17.6. The fourth-order valence-corrected chi connectivity index (χ4v) is 9.54. The van der Waals surface area contributed by atoms with Gasteiger partial charge in [-0.25, -0.2) is 13.2 Å². The van der Waals surface area contributed by atoms with Gasteiger partial charge in [0.2, 0.25) is 5.91 Å². The van der Waals surface area contributed by atoms with Crippen LogP contribution in [0, 0.1) is 23.7 Å². The number of benzene rings is 2. The van der Waals surface area contributed by atoms with Crippen LogP contribution in [-0.4, -0.2) is 65.7 Å². The number of hydrogen-bond donors (Lipinski definition) is 4. The van der Waals surface area contributed by atoms with Crippen molar-refractivity contribution >= 4 is 38.7 Å². The number of carbonyl (C=O) groups is 3. The Bertz CT molecular complexity index is 1640. The van der Waals surface area contributed by atoms with E-state index in [1.807, 2.05) is 54.6 Å². The summed E-state index contributed by atoms with van der Waals surface area (Å²) < 4.78 is 31.6. The molecule has 0 spiro atoms. The second-order valence-electron chi connectivity index (χ2n) is 13.6. The summed E-state index contributed by atoms with van der Waals surface area (Å²) in [7, 11) is -4.05. The maximum atomic E-state index is 14.2. The number of carboxylic acid groups (broad SMARTS) is 1. The molecule has 3 aromatic rings. The van der Waals surface area contributed by atoms with Crippen LogP contribution in [0.25, 0.3) is 10.9 Å². The molecule has 1 heterocycles. The van der Waals surface area contributed by atoms with Gasteiger partial charge in [0.25, 0.3) is 0 Å². The summed E-state index contributed by atoms with van der Waals surface area (Å²) in [5, 5.41) is 15.8. The number of aromatic amines is 1. The van der Waals surface area contributed by atoms with Crippen LogP contribution in [0.15, 0.2) is 60.8 Å². The number of alkyl carbamates (subject to hydrolysis) is 1. The Kier molecular flexibility index (Phi) is 8.65. The van der Waals surface area contributed by atoms with Crippen LogP contribution in [0.3, 0.4) is 0 Å². The lowest BCUT2D eigenvalue weighted by atomic mass is 9.55. The molecule has 2 atom stereocenters. The van der Waals surface area contributed by atoms with Crippen molar-refractivity contribution in [2.75, 3.05) is 11.5 Å². The van der Waals surface area contributed by atoms with Crippen molar-refractivity contribution in [2.45, 2.75) is 69.6 Å². The van der Waals surface area contributed by atoms with Crippen molar-refractivity contribution < 1.29 is 32.6 Å². The Morgan fingerprint density at radius 1 is 0.978 bits per heavy atom. The SMILES string of the molecule is C[C@](Cc1c[nH]c2ccccc12)(NC(=O)OC1C2CC3CC(C2)CC1C3)C(=O)N[C@@H](Cc1ccccc1)CS(=O)(=O)CC(=O)O. The predicted molar refractivity (Wildman–Crippen MR) is 169 cm³/mol. The molecular formula is C34H41N3O7S. The minimum Gasteiger partial charge on any atom is -0.480 e. The van der Waals surface area contributed by atoms with Gasteiger partial charge in [-0.05, 0) is 86.3 Å². The van der Waals surface area contributed by atoms with Crippen LogP contribution in [0.1, 0.15) is 50.2 Å². The van der Waals surface area contributed by atoms with Crippen LogP contribution >= 0.6 is 0 Å². The van der Waals surface area contributed by atoms with E-state index in [-0.39, 0.29) is 18.9 Å². The summed E-state index contributed by atoms with van der Waals surface area (Å²) >= 11 is 0. The van der Waals surface area contributed by atoms with Crippen molar-refractivity contribution in [1.29, 1.82) is 0 Å². The maximum Gasteiger partial charge on any atom is 0.408 e. The molecule has 7 rings (SSSR count). The van der Waals surface area contributed by atoms with Gasteiger partial charge < -0.3 is 25.5 Å². The third-order valence-electron chi connectivity index (χ3n) is 9.94. The van der Waals surface area contributed by atoms with Crippen LogP contribution in [0.4, 0.5) is 4.79 Å². The van der Waals surface area contributed by atoms with Crippen molar-refractivity contribution in [1.82, 2.24) is 15.6 Å². The first-order chi connectivity index (χ1) is 21.5. The normalized spacial score (nSPS) is 25.8. The highest BCUT2D eigenvalue weighted by Crippen LogP contribution is 2.54. The van der Waals surface area contributed by atoms with E-state index in [4.69, 9.17) is 4.74 Å². The average molecular weight is 636 g/mol. The van der Waals surface area contributed by atoms with E-state index in [1.54, 1.807) is 13.1 Å². The summed E-state index contributed by atoms with van der Waals surface area (Å²) in [6.45, 7) is 1.62. The van der Waals surface area contributed by atoms with E-state index in [9.17, 15) is 27.9 Å². The quantitative estimate of drug-likeness (QED) is 0.232. The summed E-state index contributed by atoms with van der Waals surface area (Å²) in [5.41, 5.74) is 0.949. The number of sulfone groups is 1. The molecule has 0 unspecified atom stereocenters. The summed E-state index contributed by atoms with van der Waals surface area (Å²) in [5.74, 6) is -1.54. The number of aromatic nitrogens is 1. The molecule has 4 saturated carbocycles. The van der Waals surface area contributed by atoms with Crippen molar-refractivity contribution in [3.8, 4) is 0 Å². The number of aliphatic carboxylic acids is 1. The fourth-order valence-electron chi connectivity index (χ4n) is 8.23. The zero-order chi connectivity index (χ0) is 31.8. The molecule has 4 aliphatic rings. The number of nitrogens with one attached hydrogen (secondary N) is 3. The molecule has 1 aromatic heterocycles. The zero-order valence-electron chi connectivity index (χ0n) is 25.4. The van der Waals surface area contributed by atoms with Crippen LogP contribution in [0.5, 0.6) is 0 Å². The monoisotopic (exact) mass is 635 g/mol. The first-order valence-electron chi connectivity index (χ1n) is 15.8. The van der Waals surface area contributed by atoms with E-state index in [2.05, 4.69) is 15.6 Å². The first kappa shape index (κ1) is 31.1. The molecule has 2 amide bonds. The molecule has 4 N–H and O–H groups in total. The maximum absolute atomic E-state index is 14.2. The van der Waals surface area contributed by atoms with Gasteiger partial charge in [0, 0.05) is 29.6 Å². The van der Waals surface area contributed by atoms with Gasteiger partial charge in [0.1, 0.15) is 17.4 Å². The van der Waals surface area contributed by atoms with E-state index in [0.29, 0.717) is 23.7 Å². The molecule has 0 saturated heterocycles. The number of amides is 2. The summed E-state index contributed by atoms with van der Waals surface area (Å²) in [6.07, 6.45) is 6.81. The number of carboxylic acids is 1. The van der Waals surface area contributed by atoms with Crippen LogP contribution < -0.4 is 10.6 Å². The predicted octanol–water partition coefficient (Wildman–Crippen LogP) is 4.25. The average Bonchev–Trinajstić information content (AvgIpc) is 3.36. The summed E-state index contributed by atoms with van der Waals surface area (Å²) in [4.78, 5) is 42.3. The Morgan fingerprint density at radius 2 is 1.62 bits per heavy atom. The lowest BCUT2D eigenvalue weighted by molar-refractivity contribution is -0.134. The Balaban J connectivity index is 1.25. The smallest absolute Gasteiger partial charge is 0.408 e. The number of rotatable bonds is 12. The highest BCUT2D eigenvalue weighted by molar-refractivity contribution is 7.92. The van der Waals surface area contributed by atoms with Gasteiger partial charge in [0.05, 0.1) is 5.75 Å². The molecule has 11 heteroatoms. The third kappa shape index (κ3) is 7.19. The molecule has 2 aromatic carbocycles. The van der Waals surface area contributed by atoms with E-state index >= 15 is 0 Å². The number of hydrogen-bond acceptors (Lipinski definition) is 6. The Morgan fingerprint density at radius 3 is 2.29 bits per heavy atom. The lowest BCUT2D eigenvalue weighted by Crippen LogP contribution is -2.61. The number of H-pyrrole nitrogens is 1. The topological polar surface area (TPSA) is 155 Å². The molecule has 10 nitrogen and oxygen atoms in total. The van der Waals surface area contributed by atoms with Crippen molar-refractivity contribution in [2.24, 2.45) is 23.7 Å². The molecule has 0 radical (unpaired) electrons. The Labute approximate surface area is 263 Å². The lowest BCUT2D eigenvalue weighted by Gasteiger charge is -2.53. The molecule has 240 valence electrons. The van der Waals surface area contributed by atoms with Gasteiger partial charge in [-0.3, -0.25) is 9.59 Å². The molecule has 4 bridgehead atoms. The minimum absolute atomic E-state index is 0.111.